The minimum absolute atomic E-state index is 0.237. The van der Waals surface area contributed by atoms with Crippen LogP contribution in [0.15, 0.2) is 24.3 Å². The maximum atomic E-state index is 12.7. The van der Waals surface area contributed by atoms with Crippen molar-refractivity contribution in [2.75, 3.05) is 6.54 Å². The Morgan fingerprint density at radius 1 is 1.29 bits per heavy atom. The first kappa shape index (κ1) is 10.7. The number of benzene rings is 1. The van der Waals surface area contributed by atoms with E-state index >= 15 is 0 Å². The van der Waals surface area contributed by atoms with E-state index in [0.29, 0.717) is 6.54 Å². The van der Waals surface area contributed by atoms with Crippen molar-refractivity contribution >= 4 is 0 Å². The Hall–Kier alpha value is -1.33. The smallest absolute Gasteiger partial charge is 0.124 e. The lowest BCUT2D eigenvalue weighted by Gasteiger charge is -1.90. The molecule has 0 saturated carbocycles. The zero-order chi connectivity index (χ0) is 10.2. The summed E-state index contributed by atoms with van der Waals surface area (Å²) >= 11 is 0. The standard InChI is InChI=1S/C12H14FN/c13-12-8-5-7-11(10-12)6-3-1-2-4-9-14/h5,7-8,10H,1-2,4,9,14H2. The van der Waals surface area contributed by atoms with Crippen LogP contribution in [0.1, 0.15) is 24.8 Å². The molecule has 2 N–H and O–H groups in total. The van der Waals surface area contributed by atoms with Gasteiger partial charge in [0.15, 0.2) is 0 Å². The molecule has 1 aromatic carbocycles. The van der Waals surface area contributed by atoms with Crippen molar-refractivity contribution in [2.45, 2.75) is 19.3 Å². The predicted molar refractivity (Wildman–Crippen MR) is 56.2 cm³/mol. The molecule has 0 fully saturated rings. The molecule has 0 amide bonds. The van der Waals surface area contributed by atoms with Gasteiger partial charge in [-0.2, -0.15) is 0 Å². The summed E-state index contributed by atoms with van der Waals surface area (Å²) in [6.45, 7) is 0.710. The molecule has 0 unspecified atom stereocenters. The number of hydrogen-bond donors (Lipinski definition) is 1. The topological polar surface area (TPSA) is 26.0 Å². The van der Waals surface area contributed by atoms with Crippen LogP contribution in [-0.4, -0.2) is 6.54 Å². The molecule has 1 nitrogen and oxygen atoms in total. The third-order valence-corrected chi connectivity index (χ3v) is 1.81. The van der Waals surface area contributed by atoms with Crippen LogP contribution < -0.4 is 5.73 Å². The highest BCUT2D eigenvalue weighted by Crippen LogP contribution is 2.01. The highest BCUT2D eigenvalue weighted by molar-refractivity contribution is 5.34. The number of rotatable bonds is 3. The second-order valence-electron chi connectivity index (χ2n) is 3.06. The van der Waals surface area contributed by atoms with Gasteiger partial charge in [-0.15, -0.1) is 0 Å². The second-order valence-corrected chi connectivity index (χ2v) is 3.06. The van der Waals surface area contributed by atoms with Crippen LogP contribution in [0.4, 0.5) is 4.39 Å². The third-order valence-electron chi connectivity index (χ3n) is 1.81. The molecule has 2 heteroatoms. The van der Waals surface area contributed by atoms with Crippen LogP contribution in [0, 0.1) is 17.7 Å². The molecule has 0 radical (unpaired) electrons. The van der Waals surface area contributed by atoms with Gasteiger partial charge in [0.05, 0.1) is 0 Å². The summed E-state index contributed by atoms with van der Waals surface area (Å²) in [5.41, 5.74) is 6.08. The molecule has 1 aromatic rings. The van der Waals surface area contributed by atoms with E-state index in [1.54, 1.807) is 12.1 Å². The van der Waals surface area contributed by atoms with Crippen LogP contribution in [0.3, 0.4) is 0 Å². The van der Waals surface area contributed by atoms with E-state index in [1.165, 1.54) is 12.1 Å². The summed E-state index contributed by atoms with van der Waals surface area (Å²) in [7, 11) is 0. The van der Waals surface area contributed by atoms with Gasteiger partial charge < -0.3 is 5.73 Å². The van der Waals surface area contributed by atoms with Gasteiger partial charge in [0.25, 0.3) is 0 Å². The summed E-state index contributed by atoms with van der Waals surface area (Å²) in [6.07, 6.45) is 2.84. The normalized spacial score (nSPS) is 9.29. The maximum absolute atomic E-state index is 12.7. The van der Waals surface area contributed by atoms with Gasteiger partial charge in [0, 0.05) is 12.0 Å². The first-order valence-corrected chi connectivity index (χ1v) is 4.77. The minimum Gasteiger partial charge on any atom is -0.330 e. The van der Waals surface area contributed by atoms with Crippen LogP contribution >= 0.6 is 0 Å². The van der Waals surface area contributed by atoms with Gasteiger partial charge >= 0.3 is 0 Å². The molecule has 0 aliphatic carbocycles. The minimum atomic E-state index is -0.237. The molecule has 74 valence electrons. The van der Waals surface area contributed by atoms with Gasteiger partial charge in [-0.05, 0) is 37.6 Å². The first-order chi connectivity index (χ1) is 6.83. The van der Waals surface area contributed by atoms with E-state index in [1.807, 2.05) is 0 Å². The van der Waals surface area contributed by atoms with Gasteiger partial charge in [-0.3, -0.25) is 0 Å². The van der Waals surface area contributed by atoms with E-state index < -0.39 is 0 Å². The third kappa shape index (κ3) is 4.06. The fourth-order valence-corrected chi connectivity index (χ4v) is 1.09. The monoisotopic (exact) mass is 191 g/mol. The number of hydrogen-bond acceptors (Lipinski definition) is 1. The van der Waals surface area contributed by atoms with Gasteiger partial charge in [0.2, 0.25) is 0 Å². The molecule has 0 saturated heterocycles. The zero-order valence-corrected chi connectivity index (χ0v) is 8.09. The predicted octanol–water partition coefficient (Wildman–Crippen LogP) is 2.31. The van der Waals surface area contributed by atoms with Crippen molar-refractivity contribution in [3.05, 3.63) is 35.6 Å². The molecule has 0 aliphatic rings. The van der Waals surface area contributed by atoms with Crippen molar-refractivity contribution in [1.29, 1.82) is 0 Å². The summed E-state index contributed by atoms with van der Waals surface area (Å²) in [5, 5.41) is 0. The lowest BCUT2D eigenvalue weighted by Crippen LogP contribution is -1.96. The zero-order valence-electron chi connectivity index (χ0n) is 8.09. The Morgan fingerprint density at radius 3 is 2.86 bits per heavy atom. The molecule has 0 heterocycles. The summed E-state index contributed by atoms with van der Waals surface area (Å²) in [6, 6.07) is 6.33. The lowest BCUT2D eigenvalue weighted by atomic mass is 10.2. The summed E-state index contributed by atoms with van der Waals surface area (Å²) in [5.74, 6) is 5.67. The van der Waals surface area contributed by atoms with Crippen LogP contribution in [-0.2, 0) is 0 Å². The summed E-state index contributed by atoms with van der Waals surface area (Å²) < 4.78 is 12.7. The second kappa shape index (κ2) is 6.17. The van der Waals surface area contributed by atoms with Crippen molar-refractivity contribution in [3.63, 3.8) is 0 Å². The highest BCUT2D eigenvalue weighted by Gasteiger charge is 1.89. The maximum Gasteiger partial charge on any atom is 0.124 e. The average Bonchev–Trinajstić information content (AvgIpc) is 2.18. The van der Waals surface area contributed by atoms with Crippen molar-refractivity contribution in [2.24, 2.45) is 5.73 Å². The van der Waals surface area contributed by atoms with Crippen molar-refractivity contribution < 1.29 is 4.39 Å². The highest BCUT2D eigenvalue weighted by atomic mass is 19.1. The summed E-state index contributed by atoms with van der Waals surface area (Å²) in [4.78, 5) is 0. The molecule has 0 aliphatic heterocycles. The Labute approximate surface area is 84.1 Å². The van der Waals surface area contributed by atoms with Crippen LogP contribution in [0.25, 0.3) is 0 Å². The molecule has 0 spiro atoms. The Bertz CT molecular complexity index is 336. The van der Waals surface area contributed by atoms with E-state index in [-0.39, 0.29) is 5.82 Å². The molecular formula is C12H14FN. The Kier molecular flexibility index (Phi) is 4.74. The largest absolute Gasteiger partial charge is 0.330 e. The fraction of sp³-hybridized carbons (Fsp3) is 0.333. The SMILES string of the molecule is NCCCCC#Cc1cccc(F)c1. The van der Waals surface area contributed by atoms with Gasteiger partial charge in [-0.25, -0.2) is 4.39 Å². The Morgan fingerprint density at radius 2 is 2.14 bits per heavy atom. The molecule has 14 heavy (non-hydrogen) atoms. The average molecular weight is 191 g/mol. The first-order valence-electron chi connectivity index (χ1n) is 4.77. The molecule has 0 aromatic heterocycles. The molecule has 0 atom stereocenters. The molecular weight excluding hydrogens is 177 g/mol. The number of halogens is 1. The Balaban J connectivity index is 2.43. The number of nitrogens with two attached hydrogens (primary N) is 1. The van der Waals surface area contributed by atoms with E-state index in [0.717, 1.165) is 24.8 Å². The number of unbranched alkanes of at least 4 members (excludes halogenated alkanes) is 2. The van der Waals surface area contributed by atoms with Crippen LogP contribution in [0.5, 0.6) is 0 Å². The molecule has 1 rings (SSSR count). The van der Waals surface area contributed by atoms with Gasteiger partial charge in [-0.1, -0.05) is 17.9 Å². The lowest BCUT2D eigenvalue weighted by molar-refractivity contribution is 0.627. The van der Waals surface area contributed by atoms with Gasteiger partial charge in [0.1, 0.15) is 5.82 Å². The van der Waals surface area contributed by atoms with E-state index in [4.69, 9.17) is 5.73 Å². The van der Waals surface area contributed by atoms with Crippen molar-refractivity contribution in [3.8, 4) is 11.8 Å². The van der Waals surface area contributed by atoms with E-state index in [2.05, 4.69) is 11.8 Å². The fourth-order valence-electron chi connectivity index (χ4n) is 1.09. The molecule has 0 bridgehead atoms. The van der Waals surface area contributed by atoms with Crippen LogP contribution in [0.2, 0.25) is 0 Å². The van der Waals surface area contributed by atoms with Crippen molar-refractivity contribution in [1.82, 2.24) is 0 Å². The quantitative estimate of drug-likeness (QED) is 0.575. The van der Waals surface area contributed by atoms with E-state index in [9.17, 15) is 4.39 Å².